The summed E-state index contributed by atoms with van der Waals surface area (Å²) in [6.07, 6.45) is -4.51. The number of esters is 1. The summed E-state index contributed by atoms with van der Waals surface area (Å²) >= 11 is 0. The number of amides is 2. The summed E-state index contributed by atoms with van der Waals surface area (Å²) < 4.78 is 45.2. The van der Waals surface area contributed by atoms with E-state index in [0.717, 1.165) is 4.90 Å². The van der Waals surface area contributed by atoms with Crippen LogP contribution in [-0.2, 0) is 14.3 Å². The molecule has 0 aromatic carbocycles. The minimum atomic E-state index is -4.51. The highest BCUT2D eigenvalue weighted by atomic mass is 19.4. The molecule has 0 rings (SSSR count). The molecule has 0 heterocycles. The van der Waals surface area contributed by atoms with E-state index in [1.807, 2.05) is 0 Å². The van der Waals surface area contributed by atoms with Gasteiger partial charge in [-0.2, -0.15) is 13.2 Å². The Kier molecular flexibility index (Phi) is 7.89. The smallest absolute Gasteiger partial charge is 0.405 e. The third-order valence-corrected chi connectivity index (χ3v) is 1.92. The summed E-state index contributed by atoms with van der Waals surface area (Å²) in [4.78, 5) is 23.6. The number of carbonyl (C=O) groups is 2. The Morgan fingerprint density at radius 2 is 1.95 bits per heavy atom. The van der Waals surface area contributed by atoms with Gasteiger partial charge >= 0.3 is 18.2 Å². The topological polar surface area (TPSA) is 67.9 Å². The molecule has 6 nitrogen and oxygen atoms in total. The molecule has 0 atom stereocenters. The highest BCUT2D eigenvalue weighted by molar-refractivity contribution is 5.80. The number of nitrogens with zero attached hydrogens (tertiary/aromatic N) is 1. The largest absolute Gasteiger partial charge is 0.465 e. The van der Waals surface area contributed by atoms with E-state index in [2.05, 4.69) is 4.74 Å². The monoisotopic (exact) mass is 286 g/mol. The Labute approximate surface area is 108 Å². The molecule has 0 spiro atoms. The van der Waals surface area contributed by atoms with Crippen LogP contribution in [0.4, 0.5) is 18.0 Å². The van der Waals surface area contributed by atoms with Crippen molar-refractivity contribution in [2.75, 3.05) is 40.0 Å². The fraction of sp³-hybridized carbons (Fsp3) is 0.800. The number of hydrogen-bond acceptors (Lipinski definition) is 4. The molecule has 1 N–H and O–H groups in total. The van der Waals surface area contributed by atoms with E-state index in [0.29, 0.717) is 0 Å². The summed E-state index contributed by atoms with van der Waals surface area (Å²) in [6.45, 7) is -0.0981. The zero-order valence-corrected chi connectivity index (χ0v) is 10.7. The van der Waals surface area contributed by atoms with Crippen LogP contribution in [0.25, 0.3) is 0 Å². The lowest BCUT2D eigenvalue weighted by Crippen LogP contribution is -2.47. The van der Waals surface area contributed by atoms with E-state index in [4.69, 9.17) is 4.74 Å². The Balaban J connectivity index is 4.38. The molecule has 0 saturated carbocycles. The van der Waals surface area contributed by atoms with Crippen LogP contribution in [-0.4, -0.2) is 63.0 Å². The molecular weight excluding hydrogens is 269 g/mol. The van der Waals surface area contributed by atoms with E-state index in [-0.39, 0.29) is 19.8 Å². The normalized spacial score (nSPS) is 11.0. The quantitative estimate of drug-likeness (QED) is 0.702. The molecule has 9 heteroatoms. The van der Waals surface area contributed by atoms with E-state index >= 15 is 0 Å². The molecule has 0 aromatic rings. The van der Waals surface area contributed by atoms with Crippen LogP contribution in [0.5, 0.6) is 0 Å². The number of ether oxygens (including phenoxy) is 2. The van der Waals surface area contributed by atoms with Crippen LogP contribution >= 0.6 is 0 Å². The molecule has 2 amide bonds. The number of rotatable bonds is 7. The molecule has 0 bridgehead atoms. The highest BCUT2D eigenvalue weighted by Crippen LogP contribution is 2.12. The SMILES string of the molecule is CCOC(=O)CN(CCOC)C(=O)NCC(F)(F)F. The minimum Gasteiger partial charge on any atom is -0.465 e. The first-order chi connectivity index (χ1) is 8.80. The Hall–Kier alpha value is -1.51. The second-order valence-corrected chi connectivity index (χ2v) is 3.49. The molecule has 19 heavy (non-hydrogen) atoms. The number of methoxy groups -OCH3 is 1. The van der Waals surface area contributed by atoms with Crippen molar-refractivity contribution in [3.8, 4) is 0 Å². The van der Waals surface area contributed by atoms with Crippen LogP contribution in [0.1, 0.15) is 6.92 Å². The van der Waals surface area contributed by atoms with Gasteiger partial charge in [-0.05, 0) is 6.92 Å². The lowest BCUT2D eigenvalue weighted by molar-refractivity contribution is -0.143. The summed E-state index contributed by atoms with van der Waals surface area (Å²) in [5.74, 6) is -0.694. The van der Waals surface area contributed by atoms with Crippen LogP contribution in [0, 0.1) is 0 Å². The Morgan fingerprint density at radius 3 is 2.42 bits per heavy atom. The van der Waals surface area contributed by atoms with Gasteiger partial charge in [0.05, 0.1) is 13.2 Å². The van der Waals surface area contributed by atoms with E-state index in [9.17, 15) is 22.8 Å². The fourth-order valence-electron chi connectivity index (χ4n) is 1.10. The molecule has 0 aliphatic rings. The van der Waals surface area contributed by atoms with Crippen molar-refractivity contribution < 1.29 is 32.2 Å². The standard InChI is InChI=1S/C10H17F3N2O4/c1-3-19-8(16)6-15(4-5-18-2)9(17)14-7-10(11,12)13/h3-7H2,1-2H3,(H,14,17). The third kappa shape index (κ3) is 9.11. The van der Waals surface area contributed by atoms with E-state index in [1.165, 1.54) is 7.11 Å². The fourth-order valence-corrected chi connectivity index (χ4v) is 1.10. The van der Waals surface area contributed by atoms with Gasteiger partial charge in [0.2, 0.25) is 0 Å². The summed E-state index contributed by atoms with van der Waals surface area (Å²) in [5.41, 5.74) is 0. The highest BCUT2D eigenvalue weighted by Gasteiger charge is 2.29. The van der Waals surface area contributed by atoms with E-state index in [1.54, 1.807) is 12.2 Å². The van der Waals surface area contributed by atoms with Crippen molar-refractivity contribution in [3.05, 3.63) is 0 Å². The van der Waals surface area contributed by atoms with Gasteiger partial charge in [0.25, 0.3) is 0 Å². The van der Waals surface area contributed by atoms with Crippen LogP contribution < -0.4 is 5.32 Å². The minimum absolute atomic E-state index is 0.0149. The number of halogens is 3. The maximum Gasteiger partial charge on any atom is 0.405 e. The van der Waals surface area contributed by atoms with Gasteiger partial charge in [-0.1, -0.05) is 0 Å². The predicted octanol–water partition coefficient (Wildman–Crippen LogP) is 0.770. The lowest BCUT2D eigenvalue weighted by atomic mass is 10.5. The first kappa shape index (κ1) is 17.5. The Morgan fingerprint density at radius 1 is 1.32 bits per heavy atom. The van der Waals surface area contributed by atoms with Crippen molar-refractivity contribution >= 4 is 12.0 Å². The van der Waals surface area contributed by atoms with Gasteiger partial charge in [-0.25, -0.2) is 4.79 Å². The van der Waals surface area contributed by atoms with Crippen LogP contribution in [0.15, 0.2) is 0 Å². The van der Waals surface area contributed by atoms with Gasteiger partial charge in [0, 0.05) is 13.7 Å². The van der Waals surface area contributed by atoms with Crippen molar-refractivity contribution in [2.24, 2.45) is 0 Å². The molecule has 0 saturated heterocycles. The zero-order valence-electron chi connectivity index (χ0n) is 10.7. The molecule has 112 valence electrons. The maximum atomic E-state index is 12.0. The molecular formula is C10H17F3N2O4. The second-order valence-electron chi connectivity index (χ2n) is 3.49. The first-order valence-electron chi connectivity index (χ1n) is 5.54. The lowest BCUT2D eigenvalue weighted by Gasteiger charge is -2.22. The molecule has 0 unspecified atom stereocenters. The maximum absolute atomic E-state index is 12.0. The van der Waals surface area contributed by atoms with Crippen molar-refractivity contribution in [1.82, 2.24) is 10.2 Å². The average Bonchev–Trinajstić information content (AvgIpc) is 2.30. The van der Waals surface area contributed by atoms with Gasteiger partial charge in [0.1, 0.15) is 13.1 Å². The Bertz CT molecular complexity index is 297. The second kappa shape index (κ2) is 8.57. The van der Waals surface area contributed by atoms with E-state index < -0.39 is 31.3 Å². The number of nitrogens with one attached hydrogen (secondary N) is 1. The van der Waals surface area contributed by atoms with Gasteiger partial charge in [-0.15, -0.1) is 0 Å². The number of alkyl halides is 3. The third-order valence-electron chi connectivity index (χ3n) is 1.92. The molecule has 0 fully saturated rings. The van der Waals surface area contributed by atoms with Gasteiger partial charge in [-0.3, -0.25) is 4.79 Å². The summed E-state index contributed by atoms with van der Waals surface area (Å²) in [6, 6.07) is -0.998. The number of carbonyl (C=O) groups excluding carboxylic acids is 2. The van der Waals surface area contributed by atoms with Crippen molar-refractivity contribution in [3.63, 3.8) is 0 Å². The van der Waals surface area contributed by atoms with Crippen LogP contribution in [0.3, 0.4) is 0 Å². The molecule has 0 aliphatic heterocycles. The number of hydrogen-bond donors (Lipinski definition) is 1. The van der Waals surface area contributed by atoms with Crippen LogP contribution in [0.2, 0.25) is 0 Å². The number of urea groups is 1. The first-order valence-corrected chi connectivity index (χ1v) is 5.54. The van der Waals surface area contributed by atoms with Gasteiger partial charge in [0.15, 0.2) is 0 Å². The summed E-state index contributed by atoms with van der Waals surface area (Å²) in [7, 11) is 1.37. The van der Waals surface area contributed by atoms with Gasteiger partial charge < -0.3 is 19.7 Å². The molecule has 0 aromatic heterocycles. The average molecular weight is 286 g/mol. The zero-order chi connectivity index (χ0) is 14.9. The summed E-state index contributed by atoms with van der Waals surface area (Å²) in [5, 5.41) is 1.68. The molecule has 0 radical (unpaired) electrons. The van der Waals surface area contributed by atoms with Crippen molar-refractivity contribution in [1.29, 1.82) is 0 Å². The van der Waals surface area contributed by atoms with Crippen molar-refractivity contribution in [2.45, 2.75) is 13.1 Å². The molecule has 0 aliphatic carbocycles. The predicted molar refractivity (Wildman–Crippen MR) is 59.5 cm³/mol.